The van der Waals surface area contributed by atoms with Gasteiger partial charge in [0.25, 0.3) is 0 Å². The number of rotatable bonds is 6. The smallest absolute Gasteiger partial charge is 0.337 e. The Morgan fingerprint density at radius 3 is 2.50 bits per heavy atom. The molecule has 6 nitrogen and oxygen atoms in total. The summed E-state index contributed by atoms with van der Waals surface area (Å²) in [5, 5.41) is 6.94. The largest absolute Gasteiger partial charge is 0.465 e. The second kappa shape index (κ2) is 10.8. The van der Waals surface area contributed by atoms with Gasteiger partial charge < -0.3 is 15.4 Å². The molecular weight excluding hydrogens is 376 g/mol. The molecule has 2 aromatic carbocycles. The zero-order chi connectivity index (χ0) is 21.3. The molecule has 0 aromatic heterocycles. The number of methoxy groups -OCH3 is 1. The number of benzene rings is 2. The molecule has 6 heteroatoms. The fourth-order valence-corrected chi connectivity index (χ4v) is 3.85. The van der Waals surface area contributed by atoms with Crippen LogP contribution >= 0.6 is 0 Å². The molecule has 0 amide bonds. The van der Waals surface area contributed by atoms with Gasteiger partial charge in [-0.2, -0.15) is 0 Å². The molecule has 0 saturated carbocycles. The number of likely N-dealkylation sites (tertiary alicyclic amines) is 1. The molecule has 2 aromatic rings. The molecule has 160 valence electrons. The summed E-state index contributed by atoms with van der Waals surface area (Å²) >= 11 is 0. The minimum atomic E-state index is -0.320. The highest BCUT2D eigenvalue weighted by Gasteiger charge is 2.25. The van der Waals surface area contributed by atoms with Gasteiger partial charge in [-0.05, 0) is 43.0 Å². The number of piperidine rings is 1. The van der Waals surface area contributed by atoms with Gasteiger partial charge in [-0.15, -0.1) is 0 Å². The highest BCUT2D eigenvalue weighted by atomic mass is 16.5. The van der Waals surface area contributed by atoms with Crippen LogP contribution in [0.25, 0.3) is 0 Å². The Morgan fingerprint density at radius 1 is 1.13 bits per heavy atom. The van der Waals surface area contributed by atoms with Crippen molar-refractivity contribution in [3.05, 3.63) is 71.3 Å². The number of carbonyl (C=O) groups is 1. The minimum Gasteiger partial charge on any atom is -0.465 e. The van der Waals surface area contributed by atoms with E-state index in [0.29, 0.717) is 24.2 Å². The molecule has 0 bridgehead atoms. The number of esters is 1. The van der Waals surface area contributed by atoms with Crippen LogP contribution in [0.2, 0.25) is 0 Å². The Hall–Kier alpha value is -2.86. The quantitative estimate of drug-likeness (QED) is 0.437. The summed E-state index contributed by atoms with van der Waals surface area (Å²) in [5.41, 5.74) is 3.00. The van der Waals surface area contributed by atoms with E-state index in [2.05, 4.69) is 57.8 Å². The number of hydrogen-bond acceptors (Lipinski definition) is 4. The van der Waals surface area contributed by atoms with Gasteiger partial charge in [0.2, 0.25) is 0 Å². The maximum absolute atomic E-state index is 11.5. The van der Waals surface area contributed by atoms with Gasteiger partial charge in [0.05, 0.1) is 12.7 Å². The fourth-order valence-electron chi connectivity index (χ4n) is 3.85. The molecule has 2 N–H and O–H groups in total. The van der Waals surface area contributed by atoms with Gasteiger partial charge in [-0.3, -0.25) is 9.89 Å². The first-order valence-electron chi connectivity index (χ1n) is 10.5. The first kappa shape index (κ1) is 21.8. The van der Waals surface area contributed by atoms with E-state index in [1.165, 1.54) is 12.7 Å². The number of nitrogens with one attached hydrogen (secondary N) is 2. The molecule has 30 heavy (non-hydrogen) atoms. The molecule has 3 rings (SSSR count). The van der Waals surface area contributed by atoms with Gasteiger partial charge in [0.15, 0.2) is 5.96 Å². The first-order valence-corrected chi connectivity index (χ1v) is 10.5. The zero-order valence-corrected chi connectivity index (χ0v) is 18.1. The normalized spacial score (nSPS) is 19.9. The number of carbonyl (C=O) groups excluding carboxylic acids is 1. The van der Waals surface area contributed by atoms with Crippen molar-refractivity contribution in [2.24, 2.45) is 4.99 Å². The van der Waals surface area contributed by atoms with E-state index < -0.39 is 0 Å². The van der Waals surface area contributed by atoms with E-state index in [-0.39, 0.29) is 5.97 Å². The number of aliphatic imine (C=N–C) groups is 1. The summed E-state index contributed by atoms with van der Waals surface area (Å²) in [4.78, 5) is 18.5. The van der Waals surface area contributed by atoms with Crippen LogP contribution in [0, 0.1) is 0 Å². The Balaban J connectivity index is 1.46. The summed E-state index contributed by atoms with van der Waals surface area (Å²) in [5.74, 6) is 0.487. The molecule has 1 saturated heterocycles. The average molecular weight is 409 g/mol. The average Bonchev–Trinajstić information content (AvgIpc) is 2.79. The van der Waals surface area contributed by atoms with E-state index in [0.717, 1.165) is 37.5 Å². The molecule has 1 aliphatic rings. The van der Waals surface area contributed by atoms with E-state index >= 15 is 0 Å². The third-order valence-electron chi connectivity index (χ3n) is 5.64. The standard InChI is InChI=1S/C24H32N4O2/c1-18-15-22(13-14-28(18)17-20-7-5-4-6-8-20)27-24(25-2)26-16-19-9-11-21(12-10-19)23(29)30-3/h4-12,18,22H,13-17H2,1-3H3,(H2,25,26,27). The van der Waals surface area contributed by atoms with Crippen LogP contribution in [-0.4, -0.2) is 49.6 Å². The van der Waals surface area contributed by atoms with Crippen LogP contribution in [-0.2, 0) is 17.8 Å². The van der Waals surface area contributed by atoms with Crippen LogP contribution < -0.4 is 10.6 Å². The minimum absolute atomic E-state index is 0.320. The topological polar surface area (TPSA) is 66.0 Å². The second-order valence-electron chi connectivity index (χ2n) is 7.79. The van der Waals surface area contributed by atoms with E-state index in [1.54, 1.807) is 19.2 Å². The lowest BCUT2D eigenvalue weighted by Crippen LogP contribution is -2.51. The lowest BCUT2D eigenvalue weighted by Gasteiger charge is -2.38. The van der Waals surface area contributed by atoms with Crippen LogP contribution in [0.1, 0.15) is 41.3 Å². The van der Waals surface area contributed by atoms with Crippen LogP contribution in [0.15, 0.2) is 59.6 Å². The predicted molar refractivity (Wildman–Crippen MR) is 120 cm³/mol. The molecule has 2 unspecified atom stereocenters. The molecule has 2 atom stereocenters. The number of nitrogens with zero attached hydrogens (tertiary/aromatic N) is 2. The summed E-state index contributed by atoms with van der Waals surface area (Å²) in [7, 11) is 3.18. The summed E-state index contributed by atoms with van der Waals surface area (Å²) < 4.78 is 4.74. The number of ether oxygens (including phenoxy) is 1. The van der Waals surface area contributed by atoms with Crippen molar-refractivity contribution in [3.8, 4) is 0 Å². The first-order chi connectivity index (χ1) is 14.6. The van der Waals surface area contributed by atoms with Crippen molar-refractivity contribution in [2.45, 2.75) is 44.9 Å². The molecule has 1 heterocycles. The Morgan fingerprint density at radius 2 is 1.87 bits per heavy atom. The van der Waals surface area contributed by atoms with Crippen LogP contribution in [0.4, 0.5) is 0 Å². The molecule has 1 aliphatic heterocycles. The van der Waals surface area contributed by atoms with Crippen molar-refractivity contribution in [1.29, 1.82) is 0 Å². The van der Waals surface area contributed by atoms with Gasteiger partial charge in [0, 0.05) is 38.8 Å². The molecule has 1 fully saturated rings. The third-order valence-corrected chi connectivity index (χ3v) is 5.64. The lowest BCUT2D eigenvalue weighted by molar-refractivity contribution is 0.0600. The van der Waals surface area contributed by atoms with Crippen molar-refractivity contribution >= 4 is 11.9 Å². The monoisotopic (exact) mass is 408 g/mol. The predicted octanol–water partition coefficient (Wildman–Crippen LogP) is 3.19. The highest BCUT2D eigenvalue weighted by molar-refractivity contribution is 5.89. The summed E-state index contributed by atoms with van der Waals surface area (Å²) in [6.45, 7) is 5.02. The van der Waals surface area contributed by atoms with Crippen molar-refractivity contribution in [3.63, 3.8) is 0 Å². The van der Waals surface area contributed by atoms with E-state index in [4.69, 9.17) is 4.74 Å². The maximum Gasteiger partial charge on any atom is 0.337 e. The molecule has 0 radical (unpaired) electrons. The lowest BCUT2D eigenvalue weighted by atomic mass is 9.97. The van der Waals surface area contributed by atoms with Gasteiger partial charge in [-0.1, -0.05) is 42.5 Å². The number of hydrogen-bond donors (Lipinski definition) is 2. The van der Waals surface area contributed by atoms with Gasteiger partial charge in [-0.25, -0.2) is 4.79 Å². The molecule has 0 spiro atoms. The van der Waals surface area contributed by atoms with E-state index in [1.807, 2.05) is 12.1 Å². The van der Waals surface area contributed by atoms with Crippen molar-refractivity contribution < 1.29 is 9.53 Å². The fraction of sp³-hybridized carbons (Fsp3) is 0.417. The molecule has 0 aliphatic carbocycles. The van der Waals surface area contributed by atoms with E-state index in [9.17, 15) is 4.79 Å². The van der Waals surface area contributed by atoms with Crippen LogP contribution in [0.5, 0.6) is 0 Å². The Labute approximate surface area is 179 Å². The molecular formula is C24H32N4O2. The summed E-state index contributed by atoms with van der Waals surface area (Å²) in [6, 6.07) is 19.0. The maximum atomic E-state index is 11.5. The summed E-state index contributed by atoms with van der Waals surface area (Å²) in [6.07, 6.45) is 2.17. The number of guanidine groups is 1. The van der Waals surface area contributed by atoms with Gasteiger partial charge in [0.1, 0.15) is 0 Å². The highest BCUT2D eigenvalue weighted by Crippen LogP contribution is 2.20. The van der Waals surface area contributed by atoms with Crippen molar-refractivity contribution in [1.82, 2.24) is 15.5 Å². The zero-order valence-electron chi connectivity index (χ0n) is 18.1. The SMILES string of the molecule is CN=C(NCc1ccc(C(=O)OC)cc1)NC1CCN(Cc2ccccc2)C(C)C1. The van der Waals surface area contributed by atoms with Crippen LogP contribution in [0.3, 0.4) is 0 Å². The van der Waals surface area contributed by atoms with Crippen molar-refractivity contribution in [2.75, 3.05) is 20.7 Å². The second-order valence-corrected chi connectivity index (χ2v) is 7.79. The Bertz CT molecular complexity index is 836. The Kier molecular flexibility index (Phi) is 7.85. The third kappa shape index (κ3) is 6.07. The van der Waals surface area contributed by atoms with Gasteiger partial charge >= 0.3 is 5.97 Å².